The van der Waals surface area contributed by atoms with E-state index in [2.05, 4.69) is 78.0 Å². The quantitative estimate of drug-likeness (QED) is 0.439. The molecule has 1 heterocycles. The molecule has 5 heteroatoms. The van der Waals surface area contributed by atoms with Crippen molar-refractivity contribution in [3.8, 4) is 11.1 Å². The molecule has 0 unspecified atom stereocenters. The number of fused-ring (bicyclic) bond motifs is 1. The molecule has 3 N–H and O–H groups in total. The Morgan fingerprint density at radius 3 is 2.68 bits per heavy atom. The van der Waals surface area contributed by atoms with Crippen LogP contribution in [0.15, 0.2) is 48.5 Å². The molecule has 0 spiro atoms. The van der Waals surface area contributed by atoms with Crippen LogP contribution in [0, 0.1) is 6.92 Å². The Balaban J connectivity index is 0.000000545. The minimum Gasteiger partial charge on any atom is -0.483 e. The maximum Gasteiger partial charge on any atom is 0.290 e. The Kier molecular flexibility index (Phi) is 5.63. The lowest BCUT2D eigenvalue weighted by molar-refractivity contribution is -0.122. The van der Waals surface area contributed by atoms with Gasteiger partial charge in [-0.15, -0.1) is 0 Å². The molecule has 4 nitrogen and oxygen atoms in total. The van der Waals surface area contributed by atoms with Crippen LogP contribution < -0.4 is 4.72 Å². The second-order valence-corrected chi connectivity index (χ2v) is 5.17. The van der Waals surface area contributed by atoms with E-state index in [0.717, 1.165) is 6.54 Å². The Bertz CT molecular complexity index is 768. The summed E-state index contributed by atoms with van der Waals surface area (Å²) in [6, 6.07) is 17.1. The summed E-state index contributed by atoms with van der Waals surface area (Å²) in [7, 11) is 0. The van der Waals surface area contributed by atoms with E-state index in [0.29, 0.717) is 0 Å². The van der Waals surface area contributed by atoms with Gasteiger partial charge in [-0.2, -0.15) is 0 Å². The number of hydrogen-bond donors (Lipinski definition) is 4. The van der Waals surface area contributed by atoms with Crippen LogP contribution in [0.2, 0.25) is 0 Å². The number of hydrogen-bond acceptors (Lipinski definition) is 3. The highest BCUT2D eigenvalue weighted by atomic mass is 32.1. The fourth-order valence-electron chi connectivity index (χ4n) is 2.48. The summed E-state index contributed by atoms with van der Waals surface area (Å²) in [5, 5.41) is 8.14. The zero-order chi connectivity index (χ0) is 15.9. The molecule has 0 amide bonds. The number of aryl methyl sites for hydroxylation is 1. The highest BCUT2D eigenvalue weighted by Gasteiger charge is 2.05. The smallest absolute Gasteiger partial charge is 0.290 e. The van der Waals surface area contributed by atoms with Gasteiger partial charge in [0.05, 0.1) is 0 Å². The van der Waals surface area contributed by atoms with Crippen LogP contribution in [0.3, 0.4) is 0 Å². The van der Waals surface area contributed by atoms with E-state index >= 15 is 0 Å². The third-order valence-corrected chi connectivity index (χ3v) is 3.51. The molecule has 22 heavy (non-hydrogen) atoms. The predicted octanol–water partition coefficient (Wildman–Crippen LogP) is 3.78. The molecule has 3 rings (SSSR count). The topological polar surface area (TPSA) is 65.1 Å². The first-order valence-corrected chi connectivity index (χ1v) is 7.26. The van der Waals surface area contributed by atoms with Gasteiger partial charge in [-0.25, -0.2) is 0 Å². The van der Waals surface area contributed by atoms with E-state index in [1.165, 1.54) is 33.3 Å². The summed E-state index contributed by atoms with van der Waals surface area (Å²) in [4.78, 5) is 11.8. The lowest BCUT2D eigenvalue weighted by atomic mass is 9.99. The number of aromatic nitrogens is 1. The highest BCUT2D eigenvalue weighted by Crippen LogP contribution is 2.27. The number of H-pyrrole nitrogens is 1. The van der Waals surface area contributed by atoms with Crippen molar-refractivity contribution < 1.29 is 9.90 Å². The first-order valence-electron chi connectivity index (χ1n) is 6.82. The van der Waals surface area contributed by atoms with Gasteiger partial charge < -0.3 is 10.1 Å². The van der Waals surface area contributed by atoms with Crippen LogP contribution in [0.5, 0.6) is 0 Å². The number of carboxylic acid groups (broad SMARTS) is 1. The van der Waals surface area contributed by atoms with Gasteiger partial charge in [-0.05, 0) is 41.1 Å². The average Bonchev–Trinajstić information content (AvgIpc) is 2.88. The van der Waals surface area contributed by atoms with E-state index in [9.17, 15) is 0 Å². The Labute approximate surface area is 134 Å². The average molecular weight is 314 g/mol. The Morgan fingerprint density at radius 2 is 1.95 bits per heavy atom. The van der Waals surface area contributed by atoms with Gasteiger partial charge in [0.2, 0.25) is 0 Å². The van der Waals surface area contributed by atoms with Crippen molar-refractivity contribution >= 4 is 30.2 Å². The second kappa shape index (κ2) is 7.68. The number of carbonyl (C=O) groups is 1. The molecule has 2 aromatic carbocycles. The monoisotopic (exact) mass is 314 g/mol. The third-order valence-electron chi connectivity index (χ3n) is 3.36. The van der Waals surface area contributed by atoms with Gasteiger partial charge in [0.25, 0.3) is 6.47 Å². The number of nitrogens with one attached hydrogen (secondary N) is 2. The number of rotatable bonds is 3. The van der Waals surface area contributed by atoms with E-state index < -0.39 is 0 Å². The molecular weight excluding hydrogens is 296 g/mol. The second-order valence-electron chi connectivity index (χ2n) is 4.85. The number of benzene rings is 2. The summed E-state index contributed by atoms with van der Waals surface area (Å²) in [5.74, 6) is 0. The van der Waals surface area contributed by atoms with Gasteiger partial charge in [0.15, 0.2) is 0 Å². The van der Waals surface area contributed by atoms with Gasteiger partial charge >= 0.3 is 0 Å². The standard InChI is InChI=1S/C16H16N2S.CH2O2/c1-11-8-13-7-6-12(9-16(13)18-11)15-5-3-2-4-14(15)10-17-19;2-1-3/h2-9,17-19H,10H2,1H3;1H,(H,2,3). The van der Waals surface area contributed by atoms with Crippen LogP contribution in [0.1, 0.15) is 11.3 Å². The van der Waals surface area contributed by atoms with Crippen LogP contribution in [-0.2, 0) is 11.3 Å². The molecule has 0 saturated heterocycles. The Hall–Kier alpha value is -2.24. The van der Waals surface area contributed by atoms with Crippen molar-refractivity contribution in [2.45, 2.75) is 13.5 Å². The maximum atomic E-state index is 8.36. The van der Waals surface area contributed by atoms with Crippen molar-refractivity contribution in [2.75, 3.05) is 0 Å². The molecule has 0 radical (unpaired) electrons. The maximum absolute atomic E-state index is 8.36. The van der Waals surface area contributed by atoms with Crippen LogP contribution in [0.4, 0.5) is 0 Å². The molecule has 0 aliphatic heterocycles. The van der Waals surface area contributed by atoms with Crippen molar-refractivity contribution in [3.63, 3.8) is 0 Å². The van der Waals surface area contributed by atoms with Gasteiger partial charge in [-0.3, -0.25) is 9.52 Å². The normalized spacial score (nSPS) is 10.1. The summed E-state index contributed by atoms with van der Waals surface area (Å²) < 4.78 is 2.92. The summed E-state index contributed by atoms with van der Waals surface area (Å²) in [6.45, 7) is 2.58. The highest BCUT2D eigenvalue weighted by molar-refractivity contribution is 7.78. The first-order chi connectivity index (χ1) is 10.7. The van der Waals surface area contributed by atoms with Crippen LogP contribution in [0.25, 0.3) is 22.0 Å². The van der Waals surface area contributed by atoms with Crippen molar-refractivity contribution in [1.29, 1.82) is 0 Å². The molecule has 0 atom stereocenters. The first kappa shape index (κ1) is 16.1. The van der Waals surface area contributed by atoms with Crippen molar-refractivity contribution in [2.24, 2.45) is 0 Å². The minimum atomic E-state index is -0.250. The molecule has 0 aliphatic carbocycles. The van der Waals surface area contributed by atoms with Gasteiger partial charge in [0.1, 0.15) is 0 Å². The van der Waals surface area contributed by atoms with E-state index in [1.54, 1.807) is 0 Å². The fourth-order valence-corrected chi connectivity index (χ4v) is 2.65. The lowest BCUT2D eigenvalue weighted by Gasteiger charge is -2.09. The van der Waals surface area contributed by atoms with E-state index in [1.807, 2.05) is 0 Å². The van der Waals surface area contributed by atoms with Gasteiger partial charge in [0, 0.05) is 17.8 Å². The van der Waals surface area contributed by atoms with E-state index in [-0.39, 0.29) is 6.47 Å². The van der Waals surface area contributed by atoms with Gasteiger partial charge in [-0.1, -0.05) is 49.2 Å². The van der Waals surface area contributed by atoms with Crippen molar-refractivity contribution in [1.82, 2.24) is 9.71 Å². The molecule has 3 aromatic rings. The Morgan fingerprint density at radius 1 is 1.23 bits per heavy atom. The molecule has 0 aliphatic rings. The summed E-state index contributed by atoms with van der Waals surface area (Å²) >= 11 is 4.10. The minimum absolute atomic E-state index is 0.250. The molecule has 0 fully saturated rings. The van der Waals surface area contributed by atoms with E-state index in [4.69, 9.17) is 9.90 Å². The van der Waals surface area contributed by atoms with Crippen LogP contribution in [-0.4, -0.2) is 16.6 Å². The third kappa shape index (κ3) is 3.69. The fraction of sp³-hybridized carbons (Fsp3) is 0.118. The number of aromatic amines is 1. The molecular formula is C17H18N2O2S. The zero-order valence-electron chi connectivity index (χ0n) is 12.2. The zero-order valence-corrected chi connectivity index (χ0v) is 13.1. The molecule has 1 aromatic heterocycles. The SMILES string of the molecule is Cc1cc2ccc(-c3ccccc3CNS)cc2[nH]1.O=CO. The number of thiol groups is 1. The summed E-state index contributed by atoms with van der Waals surface area (Å²) in [5.41, 5.74) is 6.10. The predicted molar refractivity (Wildman–Crippen MR) is 93.0 cm³/mol. The molecule has 114 valence electrons. The molecule has 0 saturated carbocycles. The van der Waals surface area contributed by atoms with Crippen LogP contribution >= 0.6 is 12.8 Å². The molecule has 0 bridgehead atoms. The largest absolute Gasteiger partial charge is 0.483 e. The lowest BCUT2D eigenvalue weighted by Crippen LogP contribution is -2.00. The summed E-state index contributed by atoms with van der Waals surface area (Å²) in [6.07, 6.45) is 0. The van der Waals surface area contributed by atoms with Crippen molar-refractivity contribution in [3.05, 3.63) is 59.8 Å².